The SMILES string of the molecule is CC1=C(C(=O)Nc2ccc(Oc3ccnc(Nc4cccc(N5CCOCC5)c4)n3)c(F)c2)C(O)N(c2ccccc2)N1C. The van der Waals surface area contributed by atoms with E-state index in [0.29, 0.717) is 24.9 Å². The highest BCUT2D eigenvalue weighted by atomic mass is 19.1. The summed E-state index contributed by atoms with van der Waals surface area (Å²) in [6.07, 6.45) is 0.305. The van der Waals surface area contributed by atoms with Crippen LogP contribution in [-0.2, 0) is 9.53 Å². The molecule has 0 radical (unpaired) electrons. The summed E-state index contributed by atoms with van der Waals surface area (Å²) < 4.78 is 26.3. The Morgan fingerprint density at radius 2 is 1.77 bits per heavy atom. The Kier molecular flexibility index (Phi) is 8.26. The molecule has 1 atom stereocenters. The van der Waals surface area contributed by atoms with Crippen LogP contribution in [0.5, 0.6) is 11.6 Å². The first kappa shape index (κ1) is 28.9. The highest BCUT2D eigenvalue weighted by molar-refractivity contribution is 6.05. The standard InChI is InChI=1S/C32H32FN7O4/c1-21-29(31(42)40(38(21)2)24-8-4-3-5-9-24)30(41)35-23-11-12-27(26(33)20-23)44-28-13-14-34-32(37-28)36-22-7-6-10-25(19-22)39-15-17-43-18-16-39/h3-14,19-20,31,42H,15-18H2,1-2H3,(H,35,41)(H,34,36,37). The minimum Gasteiger partial charge on any atom is -0.436 e. The van der Waals surface area contributed by atoms with Crippen molar-refractivity contribution < 1.29 is 23.8 Å². The fraction of sp³-hybridized carbons (Fsp3) is 0.219. The number of aliphatic hydroxyl groups is 1. The normalized spacial score (nSPS) is 16.7. The largest absolute Gasteiger partial charge is 0.436 e. The second-order valence-corrected chi connectivity index (χ2v) is 10.3. The molecule has 1 amide bonds. The Balaban J connectivity index is 1.11. The second-order valence-electron chi connectivity index (χ2n) is 10.3. The Labute approximate surface area is 254 Å². The molecule has 2 aliphatic heterocycles. The Bertz CT molecular complexity index is 1680. The monoisotopic (exact) mass is 597 g/mol. The number of hydrogen-bond acceptors (Lipinski definition) is 10. The van der Waals surface area contributed by atoms with Crippen LogP contribution in [0.2, 0.25) is 0 Å². The van der Waals surface area contributed by atoms with Crippen LogP contribution in [0.1, 0.15) is 6.92 Å². The molecule has 1 unspecified atom stereocenters. The number of rotatable bonds is 8. The number of benzene rings is 3. The number of para-hydroxylation sites is 1. The zero-order chi connectivity index (χ0) is 30.6. The predicted octanol–water partition coefficient (Wildman–Crippen LogP) is 4.89. The number of nitrogens with zero attached hydrogens (tertiary/aromatic N) is 5. The van der Waals surface area contributed by atoms with Crippen LogP contribution in [-0.4, -0.2) is 65.6 Å². The van der Waals surface area contributed by atoms with Gasteiger partial charge in [0.15, 0.2) is 17.8 Å². The maximum absolute atomic E-state index is 15.1. The van der Waals surface area contributed by atoms with E-state index in [4.69, 9.17) is 9.47 Å². The number of hydrogen-bond donors (Lipinski definition) is 3. The van der Waals surface area contributed by atoms with Gasteiger partial charge in [0.1, 0.15) is 0 Å². The van der Waals surface area contributed by atoms with Crippen molar-refractivity contribution >= 4 is 34.6 Å². The molecule has 44 heavy (non-hydrogen) atoms. The topological polar surface area (TPSA) is 115 Å². The summed E-state index contributed by atoms with van der Waals surface area (Å²) in [7, 11) is 1.76. The van der Waals surface area contributed by atoms with Gasteiger partial charge in [-0.1, -0.05) is 24.3 Å². The average Bonchev–Trinajstić information content (AvgIpc) is 3.26. The van der Waals surface area contributed by atoms with Crippen LogP contribution in [0.4, 0.5) is 33.1 Å². The van der Waals surface area contributed by atoms with E-state index >= 15 is 4.39 Å². The number of anilines is 5. The van der Waals surface area contributed by atoms with E-state index in [9.17, 15) is 9.90 Å². The lowest BCUT2D eigenvalue weighted by Crippen LogP contribution is -2.41. The number of aromatic nitrogens is 2. The lowest BCUT2D eigenvalue weighted by Gasteiger charge is -2.31. The maximum Gasteiger partial charge on any atom is 0.258 e. The van der Waals surface area contributed by atoms with Gasteiger partial charge in [-0.05, 0) is 49.4 Å². The molecular weight excluding hydrogens is 565 g/mol. The van der Waals surface area contributed by atoms with E-state index in [1.807, 2.05) is 54.6 Å². The highest BCUT2D eigenvalue weighted by Crippen LogP contribution is 2.33. The second kappa shape index (κ2) is 12.6. The molecular formula is C32H32FN7O4. The summed E-state index contributed by atoms with van der Waals surface area (Å²) in [5.74, 6) is -0.888. The molecule has 0 aliphatic carbocycles. The third kappa shape index (κ3) is 6.12. The van der Waals surface area contributed by atoms with E-state index in [2.05, 4.69) is 25.5 Å². The van der Waals surface area contributed by atoms with E-state index in [0.717, 1.165) is 36.2 Å². The van der Waals surface area contributed by atoms with Gasteiger partial charge in [-0.15, -0.1) is 0 Å². The van der Waals surface area contributed by atoms with Gasteiger partial charge in [0, 0.05) is 61.2 Å². The summed E-state index contributed by atoms with van der Waals surface area (Å²) in [6, 6.07) is 22.7. The molecule has 6 rings (SSSR count). The number of morpholine rings is 1. The van der Waals surface area contributed by atoms with E-state index in [1.54, 1.807) is 24.0 Å². The number of amides is 1. The summed E-state index contributed by atoms with van der Waals surface area (Å²) >= 11 is 0. The molecule has 11 nitrogen and oxygen atoms in total. The fourth-order valence-electron chi connectivity index (χ4n) is 5.15. The lowest BCUT2D eigenvalue weighted by atomic mass is 10.1. The minimum atomic E-state index is -1.21. The summed E-state index contributed by atoms with van der Waals surface area (Å²) in [6.45, 7) is 4.76. The molecule has 1 saturated heterocycles. The van der Waals surface area contributed by atoms with Gasteiger partial charge >= 0.3 is 0 Å². The zero-order valence-corrected chi connectivity index (χ0v) is 24.3. The number of ether oxygens (including phenoxy) is 2. The van der Waals surface area contributed by atoms with Gasteiger partial charge in [0.2, 0.25) is 11.8 Å². The number of hydrazine groups is 1. The van der Waals surface area contributed by atoms with Crippen molar-refractivity contribution in [3.63, 3.8) is 0 Å². The van der Waals surface area contributed by atoms with Gasteiger partial charge in [-0.25, -0.2) is 9.37 Å². The molecule has 4 aromatic rings. The number of carbonyl (C=O) groups excluding carboxylic acids is 1. The van der Waals surface area contributed by atoms with E-state index in [-0.39, 0.29) is 22.9 Å². The fourth-order valence-corrected chi connectivity index (χ4v) is 5.15. The first-order valence-electron chi connectivity index (χ1n) is 14.2. The smallest absolute Gasteiger partial charge is 0.258 e. The van der Waals surface area contributed by atoms with Crippen LogP contribution < -0.4 is 25.3 Å². The third-order valence-electron chi connectivity index (χ3n) is 7.47. The van der Waals surface area contributed by atoms with Crippen LogP contribution in [0.15, 0.2) is 96.3 Å². The third-order valence-corrected chi connectivity index (χ3v) is 7.47. The van der Waals surface area contributed by atoms with Crippen molar-refractivity contribution in [3.8, 4) is 11.6 Å². The van der Waals surface area contributed by atoms with Crippen molar-refractivity contribution in [1.82, 2.24) is 15.0 Å². The van der Waals surface area contributed by atoms with E-state index in [1.165, 1.54) is 24.4 Å². The van der Waals surface area contributed by atoms with Crippen molar-refractivity contribution in [2.75, 3.05) is 53.9 Å². The minimum absolute atomic E-state index is 0.0757. The lowest BCUT2D eigenvalue weighted by molar-refractivity contribution is -0.113. The van der Waals surface area contributed by atoms with Crippen LogP contribution in [0.3, 0.4) is 0 Å². The van der Waals surface area contributed by atoms with Crippen molar-refractivity contribution in [2.45, 2.75) is 13.2 Å². The first-order chi connectivity index (χ1) is 21.4. The van der Waals surface area contributed by atoms with Gasteiger partial charge < -0.3 is 30.1 Å². The number of carbonyl (C=O) groups is 1. The Morgan fingerprint density at radius 1 is 1.00 bits per heavy atom. The van der Waals surface area contributed by atoms with Gasteiger partial charge in [0.05, 0.1) is 24.5 Å². The van der Waals surface area contributed by atoms with Crippen molar-refractivity contribution in [3.05, 3.63) is 102 Å². The Hall–Kier alpha value is -5.20. The van der Waals surface area contributed by atoms with Gasteiger partial charge in [-0.2, -0.15) is 4.98 Å². The zero-order valence-electron chi connectivity index (χ0n) is 24.3. The Morgan fingerprint density at radius 3 is 2.55 bits per heavy atom. The molecule has 1 aromatic heterocycles. The molecule has 3 aromatic carbocycles. The molecule has 1 fully saturated rings. The average molecular weight is 598 g/mol. The molecule has 3 N–H and O–H groups in total. The number of nitrogens with one attached hydrogen (secondary N) is 2. The molecule has 0 spiro atoms. The number of allylic oxidation sites excluding steroid dienone is 1. The van der Waals surface area contributed by atoms with Gasteiger partial charge in [-0.3, -0.25) is 14.8 Å². The van der Waals surface area contributed by atoms with Crippen molar-refractivity contribution in [1.29, 1.82) is 0 Å². The molecule has 12 heteroatoms. The van der Waals surface area contributed by atoms with Crippen LogP contribution in [0, 0.1) is 5.82 Å². The number of halogens is 1. The molecule has 226 valence electrons. The van der Waals surface area contributed by atoms with Crippen LogP contribution >= 0.6 is 0 Å². The predicted molar refractivity (Wildman–Crippen MR) is 165 cm³/mol. The molecule has 2 aliphatic rings. The first-order valence-corrected chi connectivity index (χ1v) is 14.2. The molecule has 3 heterocycles. The molecule has 0 saturated carbocycles. The maximum atomic E-state index is 15.1. The van der Waals surface area contributed by atoms with Crippen molar-refractivity contribution in [2.24, 2.45) is 0 Å². The quantitative estimate of drug-likeness (QED) is 0.259. The summed E-state index contributed by atoms with van der Waals surface area (Å²) in [5.41, 5.74) is 3.52. The van der Waals surface area contributed by atoms with Gasteiger partial charge in [0.25, 0.3) is 5.91 Å². The highest BCUT2D eigenvalue weighted by Gasteiger charge is 2.37. The molecule has 0 bridgehead atoms. The van der Waals surface area contributed by atoms with Crippen LogP contribution in [0.25, 0.3) is 0 Å². The van der Waals surface area contributed by atoms with E-state index < -0.39 is 18.0 Å². The number of aliphatic hydroxyl groups excluding tert-OH is 1. The summed E-state index contributed by atoms with van der Waals surface area (Å²) in [4.78, 5) is 24.0. The summed E-state index contributed by atoms with van der Waals surface area (Å²) in [5, 5.41) is 20.2.